The highest BCUT2D eigenvalue weighted by atomic mass is 16.5. The van der Waals surface area contributed by atoms with Crippen LogP contribution in [0.1, 0.15) is 17.2 Å². The standard InChI is InChI=1S/C18H21NO4/c1-22-16-9-8-13(10-17(16)23-2)11-18(21)19-12-15(20)14-6-4-3-5-7-14/h3-10,15,20H,11-12H2,1-2H3,(H,19,21). The van der Waals surface area contributed by atoms with E-state index in [1.807, 2.05) is 36.4 Å². The highest BCUT2D eigenvalue weighted by Gasteiger charge is 2.11. The maximum absolute atomic E-state index is 12.0. The van der Waals surface area contributed by atoms with E-state index in [2.05, 4.69) is 5.32 Å². The average Bonchev–Trinajstić information content (AvgIpc) is 2.60. The fraction of sp³-hybridized carbons (Fsp3) is 0.278. The van der Waals surface area contributed by atoms with E-state index in [-0.39, 0.29) is 18.9 Å². The van der Waals surface area contributed by atoms with Crippen molar-refractivity contribution in [1.82, 2.24) is 5.32 Å². The third-order valence-electron chi connectivity index (χ3n) is 3.49. The lowest BCUT2D eigenvalue weighted by Gasteiger charge is -2.13. The van der Waals surface area contributed by atoms with E-state index < -0.39 is 6.10 Å². The van der Waals surface area contributed by atoms with Gasteiger partial charge < -0.3 is 19.9 Å². The van der Waals surface area contributed by atoms with Crippen molar-refractivity contribution in [1.29, 1.82) is 0 Å². The zero-order valence-corrected chi connectivity index (χ0v) is 13.3. The number of hydrogen-bond donors (Lipinski definition) is 2. The molecule has 1 unspecified atom stereocenters. The predicted molar refractivity (Wildman–Crippen MR) is 87.7 cm³/mol. The van der Waals surface area contributed by atoms with Gasteiger partial charge in [-0.05, 0) is 23.3 Å². The number of ether oxygens (including phenoxy) is 2. The van der Waals surface area contributed by atoms with E-state index in [9.17, 15) is 9.90 Å². The van der Waals surface area contributed by atoms with Crippen LogP contribution >= 0.6 is 0 Å². The molecule has 5 nitrogen and oxygen atoms in total. The Hall–Kier alpha value is -2.53. The van der Waals surface area contributed by atoms with Gasteiger partial charge in [0.2, 0.25) is 5.91 Å². The molecule has 0 fully saturated rings. The summed E-state index contributed by atoms with van der Waals surface area (Å²) in [6, 6.07) is 14.6. The number of rotatable bonds is 7. The second-order valence-electron chi connectivity index (χ2n) is 5.10. The SMILES string of the molecule is COc1ccc(CC(=O)NCC(O)c2ccccc2)cc1OC. The molecule has 0 radical (unpaired) electrons. The van der Waals surface area contributed by atoms with Gasteiger partial charge in [-0.25, -0.2) is 0 Å². The number of aliphatic hydroxyl groups is 1. The average molecular weight is 315 g/mol. The Labute approximate surface area is 135 Å². The van der Waals surface area contributed by atoms with Crippen LogP contribution in [0.15, 0.2) is 48.5 Å². The van der Waals surface area contributed by atoms with Crippen molar-refractivity contribution >= 4 is 5.91 Å². The van der Waals surface area contributed by atoms with Crippen LogP contribution in [0.3, 0.4) is 0 Å². The van der Waals surface area contributed by atoms with Crippen molar-refractivity contribution in [3.63, 3.8) is 0 Å². The van der Waals surface area contributed by atoms with E-state index in [0.717, 1.165) is 11.1 Å². The first kappa shape index (κ1) is 16.8. The summed E-state index contributed by atoms with van der Waals surface area (Å²) in [5.74, 6) is 1.05. The van der Waals surface area contributed by atoms with Gasteiger partial charge in [-0.1, -0.05) is 36.4 Å². The van der Waals surface area contributed by atoms with Crippen LogP contribution in [0.4, 0.5) is 0 Å². The van der Waals surface area contributed by atoms with Crippen LogP contribution in [0.25, 0.3) is 0 Å². The normalized spacial score (nSPS) is 11.6. The molecule has 0 aliphatic heterocycles. The number of nitrogens with one attached hydrogen (secondary N) is 1. The van der Waals surface area contributed by atoms with Crippen molar-refractivity contribution in [2.45, 2.75) is 12.5 Å². The van der Waals surface area contributed by atoms with Gasteiger partial charge in [-0.15, -0.1) is 0 Å². The molecule has 0 heterocycles. The minimum Gasteiger partial charge on any atom is -0.493 e. The first-order valence-electron chi connectivity index (χ1n) is 7.34. The van der Waals surface area contributed by atoms with Crippen LogP contribution in [0.2, 0.25) is 0 Å². The molecule has 122 valence electrons. The smallest absolute Gasteiger partial charge is 0.224 e. The van der Waals surface area contributed by atoms with Crippen LogP contribution < -0.4 is 14.8 Å². The summed E-state index contributed by atoms with van der Waals surface area (Å²) < 4.78 is 10.4. The lowest BCUT2D eigenvalue weighted by Crippen LogP contribution is -2.29. The topological polar surface area (TPSA) is 67.8 Å². The van der Waals surface area contributed by atoms with Crippen molar-refractivity contribution in [2.24, 2.45) is 0 Å². The number of amides is 1. The van der Waals surface area contributed by atoms with Gasteiger partial charge in [0.25, 0.3) is 0 Å². The first-order valence-corrected chi connectivity index (χ1v) is 7.34. The number of aliphatic hydroxyl groups excluding tert-OH is 1. The van der Waals surface area contributed by atoms with Gasteiger partial charge in [0, 0.05) is 6.54 Å². The zero-order chi connectivity index (χ0) is 16.7. The molecule has 2 aromatic carbocycles. The zero-order valence-electron chi connectivity index (χ0n) is 13.3. The summed E-state index contributed by atoms with van der Waals surface area (Å²) in [5, 5.41) is 12.8. The largest absolute Gasteiger partial charge is 0.493 e. The number of carbonyl (C=O) groups excluding carboxylic acids is 1. The molecule has 0 aliphatic carbocycles. The summed E-state index contributed by atoms with van der Waals surface area (Å²) in [4.78, 5) is 12.0. The summed E-state index contributed by atoms with van der Waals surface area (Å²) in [7, 11) is 3.12. The summed E-state index contributed by atoms with van der Waals surface area (Å²) in [6.45, 7) is 0.177. The lowest BCUT2D eigenvalue weighted by atomic mass is 10.1. The Bertz CT molecular complexity index is 643. The van der Waals surface area contributed by atoms with Crippen LogP contribution in [0.5, 0.6) is 11.5 Å². The Morgan fingerprint density at radius 3 is 2.43 bits per heavy atom. The molecule has 0 aromatic heterocycles. The molecule has 1 atom stereocenters. The molecule has 2 N–H and O–H groups in total. The van der Waals surface area contributed by atoms with Crippen LogP contribution in [0, 0.1) is 0 Å². The third kappa shape index (κ3) is 4.72. The molecule has 2 rings (SSSR count). The van der Waals surface area contributed by atoms with Crippen molar-refractivity contribution in [2.75, 3.05) is 20.8 Å². The number of hydrogen-bond acceptors (Lipinski definition) is 4. The maximum atomic E-state index is 12.0. The Balaban J connectivity index is 1.90. The second kappa shape index (κ2) is 8.19. The number of methoxy groups -OCH3 is 2. The third-order valence-corrected chi connectivity index (χ3v) is 3.49. The minimum absolute atomic E-state index is 0.160. The molecule has 0 saturated carbocycles. The van der Waals surface area contributed by atoms with E-state index in [0.29, 0.717) is 11.5 Å². The highest BCUT2D eigenvalue weighted by molar-refractivity contribution is 5.78. The fourth-order valence-corrected chi connectivity index (χ4v) is 2.24. The Kier molecular flexibility index (Phi) is 6.00. The fourth-order valence-electron chi connectivity index (χ4n) is 2.24. The van der Waals surface area contributed by atoms with Crippen LogP contribution in [-0.4, -0.2) is 31.8 Å². The predicted octanol–water partition coefficient (Wildman–Crippen LogP) is 2.10. The quantitative estimate of drug-likeness (QED) is 0.821. The Morgan fingerprint density at radius 2 is 1.78 bits per heavy atom. The molecule has 2 aromatic rings. The van der Waals surface area contributed by atoms with Gasteiger partial charge in [-0.3, -0.25) is 4.79 Å². The van der Waals surface area contributed by atoms with Gasteiger partial charge in [0.15, 0.2) is 11.5 Å². The van der Waals surface area contributed by atoms with E-state index in [4.69, 9.17) is 9.47 Å². The van der Waals surface area contributed by atoms with Crippen molar-refractivity contribution in [3.05, 3.63) is 59.7 Å². The van der Waals surface area contributed by atoms with E-state index in [1.54, 1.807) is 26.4 Å². The number of carbonyl (C=O) groups is 1. The summed E-state index contributed by atoms with van der Waals surface area (Å²) in [6.07, 6.45) is -0.507. The monoisotopic (exact) mass is 315 g/mol. The Morgan fingerprint density at radius 1 is 1.09 bits per heavy atom. The lowest BCUT2D eigenvalue weighted by molar-refractivity contribution is -0.120. The van der Waals surface area contributed by atoms with E-state index >= 15 is 0 Å². The molecule has 0 aliphatic rings. The minimum atomic E-state index is -0.717. The van der Waals surface area contributed by atoms with Gasteiger partial charge in [-0.2, -0.15) is 0 Å². The first-order chi connectivity index (χ1) is 11.1. The van der Waals surface area contributed by atoms with Gasteiger partial charge >= 0.3 is 0 Å². The summed E-state index contributed by atoms with van der Waals surface area (Å²) in [5.41, 5.74) is 1.59. The summed E-state index contributed by atoms with van der Waals surface area (Å²) >= 11 is 0. The molecule has 0 spiro atoms. The second-order valence-corrected chi connectivity index (χ2v) is 5.10. The van der Waals surface area contributed by atoms with Crippen LogP contribution in [-0.2, 0) is 11.2 Å². The number of benzene rings is 2. The molecular weight excluding hydrogens is 294 g/mol. The molecule has 5 heteroatoms. The highest BCUT2D eigenvalue weighted by Crippen LogP contribution is 2.27. The maximum Gasteiger partial charge on any atom is 0.224 e. The molecule has 23 heavy (non-hydrogen) atoms. The van der Waals surface area contributed by atoms with Crippen molar-refractivity contribution in [3.8, 4) is 11.5 Å². The molecule has 0 saturated heterocycles. The van der Waals surface area contributed by atoms with Gasteiger partial charge in [0.1, 0.15) is 0 Å². The molecule has 0 bridgehead atoms. The van der Waals surface area contributed by atoms with Gasteiger partial charge in [0.05, 0.1) is 26.7 Å². The van der Waals surface area contributed by atoms with Crippen molar-refractivity contribution < 1.29 is 19.4 Å². The van der Waals surface area contributed by atoms with E-state index in [1.165, 1.54) is 0 Å². The molecule has 1 amide bonds. The molecular formula is C18H21NO4.